The molecular weight excluding hydrogens is 390 g/mol. The number of allylic oxidation sites excluding steroid dienone is 1. The number of likely N-dealkylation sites (tertiary alicyclic amines) is 1. The van der Waals surface area contributed by atoms with Crippen LogP contribution in [-0.2, 0) is 14.3 Å². The molecule has 2 N–H and O–H groups in total. The number of hydrogen-bond acceptors (Lipinski definition) is 6. The summed E-state index contributed by atoms with van der Waals surface area (Å²) in [5, 5.41) is 14.8. The highest BCUT2D eigenvalue weighted by molar-refractivity contribution is 6.27. The van der Waals surface area contributed by atoms with Crippen LogP contribution in [0.4, 0.5) is 0 Å². The first-order chi connectivity index (χ1) is 14.4. The van der Waals surface area contributed by atoms with Gasteiger partial charge >= 0.3 is 11.9 Å². The van der Waals surface area contributed by atoms with Gasteiger partial charge in [0.15, 0.2) is 11.5 Å². The summed E-state index contributed by atoms with van der Waals surface area (Å²) in [5.41, 5.74) is 1.11. The third-order valence-corrected chi connectivity index (χ3v) is 4.51. The number of piperidine rings is 1. The van der Waals surface area contributed by atoms with Gasteiger partial charge in [-0.3, -0.25) is 0 Å². The van der Waals surface area contributed by atoms with Crippen LogP contribution in [0.2, 0.25) is 0 Å². The highest BCUT2D eigenvalue weighted by Crippen LogP contribution is 2.28. The van der Waals surface area contributed by atoms with Crippen LogP contribution in [0.1, 0.15) is 32.3 Å². The molecule has 1 heterocycles. The van der Waals surface area contributed by atoms with E-state index in [0.29, 0.717) is 13.2 Å². The van der Waals surface area contributed by atoms with E-state index in [1.165, 1.54) is 25.9 Å². The number of carboxylic acids is 2. The third kappa shape index (κ3) is 10.3. The summed E-state index contributed by atoms with van der Waals surface area (Å²) in [7, 11) is 1.66. The summed E-state index contributed by atoms with van der Waals surface area (Å²) in [4.78, 5) is 20.7. The summed E-state index contributed by atoms with van der Waals surface area (Å²) < 4.78 is 16.9. The number of methoxy groups -OCH3 is 1. The van der Waals surface area contributed by atoms with Crippen LogP contribution < -0.4 is 9.47 Å². The standard InChI is InChI=1S/C20H31NO3.C2H2O4/c1-4-6-18-8-9-19(20(15-18)22-3)24-14-13-23-12-11-21-10-5-7-17(2)16-21;3-1(4)2(5)6/h4,6,8-9,15,17H,5,7,10-14,16H2,1-3H3;(H,3,4)(H,5,6)/b6-4+;. The quantitative estimate of drug-likeness (QED) is 0.461. The number of carbonyl (C=O) groups is 2. The van der Waals surface area contributed by atoms with Crippen LogP contribution >= 0.6 is 0 Å². The smallest absolute Gasteiger partial charge is 0.414 e. The van der Waals surface area contributed by atoms with Crippen molar-refractivity contribution in [2.24, 2.45) is 5.92 Å². The highest BCUT2D eigenvalue weighted by atomic mass is 16.5. The molecule has 0 bridgehead atoms. The average molecular weight is 424 g/mol. The number of rotatable bonds is 9. The van der Waals surface area contributed by atoms with Crippen LogP contribution in [0.5, 0.6) is 11.5 Å². The Morgan fingerprint density at radius 2 is 1.90 bits per heavy atom. The van der Waals surface area contributed by atoms with Gasteiger partial charge in [0.1, 0.15) is 6.61 Å². The van der Waals surface area contributed by atoms with E-state index in [0.717, 1.165) is 36.1 Å². The Morgan fingerprint density at radius 3 is 2.50 bits per heavy atom. The minimum absolute atomic E-state index is 0.537. The SMILES string of the molecule is C/C=C/c1ccc(OCCOCCN2CCCC(C)C2)c(OC)c1.O=C(O)C(=O)O. The number of benzene rings is 1. The van der Waals surface area contributed by atoms with E-state index in [-0.39, 0.29) is 0 Å². The lowest BCUT2D eigenvalue weighted by molar-refractivity contribution is -0.159. The van der Waals surface area contributed by atoms with Crippen LogP contribution in [-0.4, -0.2) is 73.6 Å². The molecule has 8 heteroatoms. The van der Waals surface area contributed by atoms with Crippen molar-refractivity contribution < 1.29 is 34.0 Å². The highest BCUT2D eigenvalue weighted by Gasteiger charge is 2.15. The van der Waals surface area contributed by atoms with E-state index in [1.54, 1.807) is 7.11 Å². The molecule has 30 heavy (non-hydrogen) atoms. The number of carboxylic acid groups (broad SMARTS) is 2. The molecule has 0 radical (unpaired) electrons. The van der Waals surface area contributed by atoms with E-state index in [2.05, 4.69) is 11.8 Å². The second-order valence-electron chi connectivity index (χ2n) is 7.03. The number of nitrogens with zero attached hydrogens (tertiary/aromatic N) is 1. The van der Waals surface area contributed by atoms with Gasteiger partial charge in [-0.15, -0.1) is 0 Å². The molecule has 1 aromatic carbocycles. The van der Waals surface area contributed by atoms with Crippen molar-refractivity contribution in [3.05, 3.63) is 29.8 Å². The van der Waals surface area contributed by atoms with E-state index in [4.69, 9.17) is 34.0 Å². The largest absolute Gasteiger partial charge is 0.493 e. The van der Waals surface area contributed by atoms with Gasteiger partial charge in [0.2, 0.25) is 0 Å². The predicted octanol–water partition coefficient (Wildman–Crippen LogP) is 3.01. The molecule has 0 aromatic heterocycles. The first kappa shape index (κ1) is 25.5. The lowest BCUT2D eigenvalue weighted by atomic mass is 10.0. The Hall–Kier alpha value is -2.58. The molecule has 1 aromatic rings. The first-order valence-electron chi connectivity index (χ1n) is 10.1. The zero-order chi connectivity index (χ0) is 22.4. The monoisotopic (exact) mass is 423 g/mol. The molecule has 2 rings (SSSR count). The van der Waals surface area contributed by atoms with Crippen LogP contribution in [0.15, 0.2) is 24.3 Å². The zero-order valence-corrected chi connectivity index (χ0v) is 18.0. The fraction of sp³-hybridized carbons (Fsp3) is 0.545. The third-order valence-electron chi connectivity index (χ3n) is 4.51. The van der Waals surface area contributed by atoms with Crippen molar-refractivity contribution in [3.8, 4) is 11.5 Å². The summed E-state index contributed by atoms with van der Waals surface area (Å²) in [6.45, 7) is 9.67. The Kier molecular flexibility index (Phi) is 12.2. The molecule has 0 aliphatic carbocycles. The predicted molar refractivity (Wildman–Crippen MR) is 114 cm³/mol. The molecule has 1 saturated heterocycles. The van der Waals surface area contributed by atoms with Gasteiger partial charge in [-0.2, -0.15) is 0 Å². The molecule has 0 spiro atoms. The molecular formula is C22H33NO7. The molecule has 0 amide bonds. The van der Waals surface area contributed by atoms with Gasteiger partial charge in [-0.25, -0.2) is 9.59 Å². The Labute approximate surface area is 178 Å². The first-order valence-corrected chi connectivity index (χ1v) is 10.1. The number of ether oxygens (including phenoxy) is 3. The van der Waals surface area contributed by atoms with Gasteiger partial charge in [0.25, 0.3) is 0 Å². The van der Waals surface area contributed by atoms with Gasteiger partial charge in [-0.1, -0.05) is 25.1 Å². The molecule has 1 unspecified atom stereocenters. The van der Waals surface area contributed by atoms with Crippen LogP contribution in [0, 0.1) is 5.92 Å². The minimum Gasteiger partial charge on any atom is -0.493 e. The van der Waals surface area contributed by atoms with Crippen molar-refractivity contribution in [3.63, 3.8) is 0 Å². The zero-order valence-electron chi connectivity index (χ0n) is 18.0. The van der Waals surface area contributed by atoms with Crippen molar-refractivity contribution in [1.29, 1.82) is 0 Å². The summed E-state index contributed by atoms with van der Waals surface area (Å²) in [6.07, 6.45) is 6.72. The fourth-order valence-electron chi connectivity index (χ4n) is 3.10. The molecule has 1 atom stereocenters. The molecule has 168 valence electrons. The maximum atomic E-state index is 9.10. The van der Waals surface area contributed by atoms with Crippen LogP contribution in [0.25, 0.3) is 6.08 Å². The molecule has 1 aliphatic rings. The summed E-state index contributed by atoms with van der Waals surface area (Å²) in [5.74, 6) is -1.31. The topological polar surface area (TPSA) is 106 Å². The van der Waals surface area contributed by atoms with Gasteiger partial charge in [0.05, 0.1) is 20.3 Å². The van der Waals surface area contributed by atoms with Crippen molar-refractivity contribution >= 4 is 18.0 Å². The van der Waals surface area contributed by atoms with Crippen molar-refractivity contribution in [1.82, 2.24) is 4.90 Å². The van der Waals surface area contributed by atoms with E-state index in [9.17, 15) is 0 Å². The van der Waals surface area contributed by atoms with E-state index in [1.807, 2.05) is 37.3 Å². The van der Waals surface area contributed by atoms with Gasteiger partial charge in [0, 0.05) is 13.1 Å². The molecule has 1 aliphatic heterocycles. The van der Waals surface area contributed by atoms with Gasteiger partial charge < -0.3 is 29.3 Å². The summed E-state index contributed by atoms with van der Waals surface area (Å²) >= 11 is 0. The second-order valence-corrected chi connectivity index (χ2v) is 7.03. The second kappa shape index (κ2) is 14.4. The van der Waals surface area contributed by atoms with E-state index >= 15 is 0 Å². The Morgan fingerprint density at radius 1 is 1.17 bits per heavy atom. The van der Waals surface area contributed by atoms with Crippen molar-refractivity contribution in [2.45, 2.75) is 26.7 Å². The van der Waals surface area contributed by atoms with Crippen LogP contribution in [0.3, 0.4) is 0 Å². The molecule has 8 nitrogen and oxygen atoms in total. The maximum absolute atomic E-state index is 9.10. The lowest BCUT2D eigenvalue weighted by Crippen LogP contribution is -2.36. The lowest BCUT2D eigenvalue weighted by Gasteiger charge is -2.30. The fourth-order valence-corrected chi connectivity index (χ4v) is 3.10. The van der Waals surface area contributed by atoms with Crippen molar-refractivity contribution in [2.75, 3.05) is 46.6 Å². The number of aliphatic carboxylic acids is 2. The maximum Gasteiger partial charge on any atom is 0.414 e. The Bertz CT molecular complexity index is 678. The normalized spacial score (nSPS) is 16.6. The summed E-state index contributed by atoms with van der Waals surface area (Å²) in [6, 6.07) is 5.95. The average Bonchev–Trinajstić information content (AvgIpc) is 2.72. The number of hydrogen-bond donors (Lipinski definition) is 2. The molecule has 1 fully saturated rings. The Balaban J connectivity index is 0.000000656. The molecule has 0 saturated carbocycles. The van der Waals surface area contributed by atoms with Gasteiger partial charge in [-0.05, 0) is 49.9 Å². The van der Waals surface area contributed by atoms with E-state index < -0.39 is 11.9 Å². The minimum atomic E-state index is -1.82.